The first-order valence-corrected chi connectivity index (χ1v) is 7.83. The van der Waals surface area contributed by atoms with E-state index in [4.69, 9.17) is 10.2 Å². The van der Waals surface area contributed by atoms with Crippen LogP contribution in [0, 0.1) is 0 Å². The molecule has 0 aliphatic heterocycles. The summed E-state index contributed by atoms with van der Waals surface area (Å²) in [7, 11) is 0. The molecule has 26 heavy (non-hydrogen) atoms. The molecule has 0 radical (unpaired) electrons. The van der Waals surface area contributed by atoms with Gasteiger partial charge in [-0.25, -0.2) is 9.97 Å². The van der Waals surface area contributed by atoms with Gasteiger partial charge in [0, 0.05) is 19.0 Å². The highest BCUT2D eigenvalue weighted by Gasteiger charge is 2.30. The van der Waals surface area contributed by atoms with E-state index in [0.29, 0.717) is 30.0 Å². The van der Waals surface area contributed by atoms with Crippen LogP contribution in [0.2, 0.25) is 0 Å². The Morgan fingerprint density at radius 1 is 1.12 bits per heavy atom. The van der Waals surface area contributed by atoms with Gasteiger partial charge >= 0.3 is 6.36 Å². The number of halogens is 3. The van der Waals surface area contributed by atoms with Crippen molar-refractivity contribution >= 4 is 11.2 Å². The highest BCUT2D eigenvalue weighted by molar-refractivity contribution is 5.71. The molecule has 0 amide bonds. The number of rotatable bonds is 6. The maximum atomic E-state index is 12.2. The molecular weight excluding hydrogens is 351 g/mol. The van der Waals surface area contributed by atoms with Crippen molar-refractivity contribution in [3.8, 4) is 5.75 Å². The lowest BCUT2D eigenvalue weighted by Crippen LogP contribution is -2.17. The minimum Gasteiger partial charge on any atom is -0.406 e. The van der Waals surface area contributed by atoms with Gasteiger partial charge in [-0.05, 0) is 29.8 Å². The Bertz CT molecular complexity index is 876. The summed E-state index contributed by atoms with van der Waals surface area (Å²) < 4.78 is 42.4. The van der Waals surface area contributed by atoms with Gasteiger partial charge < -0.3 is 19.5 Å². The molecule has 2 N–H and O–H groups in total. The van der Waals surface area contributed by atoms with Gasteiger partial charge in [0.2, 0.25) is 0 Å². The smallest absolute Gasteiger partial charge is 0.406 e. The van der Waals surface area contributed by atoms with Crippen LogP contribution in [-0.4, -0.2) is 37.4 Å². The zero-order valence-electron chi connectivity index (χ0n) is 13.5. The first-order chi connectivity index (χ1) is 12.3. The Labute approximate surface area is 146 Å². The van der Waals surface area contributed by atoms with Crippen molar-refractivity contribution < 1.29 is 28.1 Å². The topological polar surface area (TPSA) is 80.4 Å². The Hall–Kier alpha value is -2.65. The van der Waals surface area contributed by atoms with Crippen molar-refractivity contribution in [1.29, 1.82) is 0 Å². The highest BCUT2D eigenvalue weighted by atomic mass is 19.4. The van der Waals surface area contributed by atoms with Crippen molar-refractivity contribution in [2.24, 2.45) is 0 Å². The molecule has 0 bridgehead atoms. The lowest BCUT2D eigenvalue weighted by molar-refractivity contribution is -0.274. The third-order valence-corrected chi connectivity index (χ3v) is 3.71. The molecule has 0 fully saturated rings. The molecule has 0 unspecified atom stereocenters. The van der Waals surface area contributed by atoms with E-state index in [1.165, 1.54) is 24.3 Å². The summed E-state index contributed by atoms with van der Waals surface area (Å²) in [5.74, 6) is 0.320. The predicted octanol–water partition coefficient (Wildman–Crippen LogP) is 2.62. The van der Waals surface area contributed by atoms with E-state index >= 15 is 0 Å². The first-order valence-electron chi connectivity index (χ1n) is 7.83. The fraction of sp³-hybridized carbons (Fsp3) is 0.294. The maximum Gasteiger partial charge on any atom is 0.573 e. The summed E-state index contributed by atoms with van der Waals surface area (Å²) >= 11 is 0. The van der Waals surface area contributed by atoms with E-state index in [0.717, 1.165) is 5.56 Å². The molecule has 2 heterocycles. The van der Waals surface area contributed by atoms with E-state index in [9.17, 15) is 13.2 Å². The standard InChI is InChI=1S/C17H16F3N3O3/c18-17(19,20)26-12-5-3-11(4-6-12)10-23-14(7-8-15(24)25)22-13-2-1-9-21-16(13)23/h1-6,9,15,24-25H,7-8,10H2. The number of pyridine rings is 1. The number of hydrogen-bond acceptors (Lipinski definition) is 5. The average molecular weight is 367 g/mol. The number of aliphatic hydroxyl groups excluding tert-OH is 1. The summed E-state index contributed by atoms with van der Waals surface area (Å²) in [6, 6.07) is 9.08. The van der Waals surface area contributed by atoms with Crippen LogP contribution in [0.4, 0.5) is 13.2 Å². The summed E-state index contributed by atoms with van der Waals surface area (Å²) in [6.45, 7) is 0.330. The lowest BCUT2D eigenvalue weighted by Gasteiger charge is -2.11. The number of fused-ring (bicyclic) bond motifs is 1. The molecule has 2 aromatic heterocycles. The van der Waals surface area contributed by atoms with E-state index in [2.05, 4.69) is 14.7 Å². The largest absolute Gasteiger partial charge is 0.573 e. The number of benzene rings is 1. The minimum atomic E-state index is -4.73. The van der Waals surface area contributed by atoms with Crippen molar-refractivity contribution in [3.63, 3.8) is 0 Å². The number of aromatic nitrogens is 3. The monoisotopic (exact) mass is 367 g/mol. The Morgan fingerprint density at radius 2 is 1.85 bits per heavy atom. The quantitative estimate of drug-likeness (QED) is 0.655. The number of hydrogen-bond donors (Lipinski definition) is 2. The fourth-order valence-electron chi connectivity index (χ4n) is 2.60. The zero-order valence-corrected chi connectivity index (χ0v) is 13.5. The number of imidazole rings is 1. The third kappa shape index (κ3) is 4.50. The second kappa shape index (κ2) is 7.30. The van der Waals surface area contributed by atoms with Crippen LogP contribution in [0.15, 0.2) is 42.6 Å². The molecule has 0 aliphatic carbocycles. The van der Waals surface area contributed by atoms with E-state index < -0.39 is 12.7 Å². The normalized spacial score (nSPS) is 12.1. The summed E-state index contributed by atoms with van der Waals surface area (Å²) in [5.41, 5.74) is 2.01. The van der Waals surface area contributed by atoms with E-state index in [-0.39, 0.29) is 12.2 Å². The lowest BCUT2D eigenvalue weighted by atomic mass is 10.2. The minimum absolute atomic E-state index is 0.113. The average Bonchev–Trinajstić information content (AvgIpc) is 2.91. The number of aryl methyl sites for hydroxylation is 1. The third-order valence-electron chi connectivity index (χ3n) is 3.71. The van der Waals surface area contributed by atoms with Crippen LogP contribution in [-0.2, 0) is 13.0 Å². The Kier molecular flexibility index (Phi) is 5.10. The zero-order chi connectivity index (χ0) is 18.7. The molecule has 3 aromatic rings. The van der Waals surface area contributed by atoms with Gasteiger partial charge in [0.05, 0.1) is 6.54 Å². The predicted molar refractivity (Wildman–Crippen MR) is 86.3 cm³/mol. The van der Waals surface area contributed by atoms with Crippen LogP contribution < -0.4 is 4.74 Å². The molecule has 0 aliphatic rings. The molecule has 3 rings (SSSR count). The second-order valence-electron chi connectivity index (χ2n) is 5.67. The molecule has 0 atom stereocenters. The molecule has 1 aromatic carbocycles. The molecule has 0 saturated carbocycles. The molecule has 0 saturated heterocycles. The first kappa shape index (κ1) is 18.2. The van der Waals surface area contributed by atoms with E-state index in [1.54, 1.807) is 22.9 Å². The fourth-order valence-corrected chi connectivity index (χ4v) is 2.60. The van der Waals surface area contributed by atoms with Gasteiger partial charge in [-0.15, -0.1) is 13.2 Å². The Morgan fingerprint density at radius 3 is 2.50 bits per heavy atom. The number of aliphatic hydroxyl groups is 2. The number of alkyl halides is 3. The summed E-state index contributed by atoms with van der Waals surface area (Å²) in [6.07, 6.45) is -4.13. The van der Waals surface area contributed by atoms with Crippen molar-refractivity contribution in [1.82, 2.24) is 14.5 Å². The van der Waals surface area contributed by atoms with Crippen LogP contribution >= 0.6 is 0 Å². The molecular formula is C17H16F3N3O3. The SMILES string of the molecule is OC(O)CCc1nc2cccnc2n1Cc1ccc(OC(F)(F)F)cc1. The van der Waals surface area contributed by atoms with Crippen molar-refractivity contribution in [3.05, 3.63) is 54.0 Å². The van der Waals surface area contributed by atoms with Crippen LogP contribution in [0.1, 0.15) is 17.8 Å². The van der Waals surface area contributed by atoms with Gasteiger partial charge in [-0.3, -0.25) is 0 Å². The van der Waals surface area contributed by atoms with Gasteiger partial charge in [0.1, 0.15) is 17.1 Å². The van der Waals surface area contributed by atoms with Crippen LogP contribution in [0.25, 0.3) is 11.2 Å². The second-order valence-corrected chi connectivity index (χ2v) is 5.67. The van der Waals surface area contributed by atoms with Gasteiger partial charge in [0.15, 0.2) is 11.9 Å². The number of nitrogens with zero attached hydrogens (tertiary/aromatic N) is 3. The molecule has 0 spiro atoms. The van der Waals surface area contributed by atoms with Gasteiger partial charge in [-0.1, -0.05) is 12.1 Å². The Balaban J connectivity index is 1.86. The van der Waals surface area contributed by atoms with E-state index in [1.807, 2.05) is 0 Å². The van der Waals surface area contributed by atoms with Crippen LogP contribution in [0.5, 0.6) is 5.75 Å². The highest BCUT2D eigenvalue weighted by Crippen LogP contribution is 2.24. The number of ether oxygens (including phenoxy) is 1. The molecule has 9 heteroatoms. The van der Waals surface area contributed by atoms with Crippen molar-refractivity contribution in [2.45, 2.75) is 32.0 Å². The molecule has 6 nitrogen and oxygen atoms in total. The summed E-state index contributed by atoms with van der Waals surface area (Å²) in [4.78, 5) is 8.74. The molecule has 138 valence electrons. The maximum absolute atomic E-state index is 12.2. The van der Waals surface area contributed by atoms with Gasteiger partial charge in [-0.2, -0.15) is 0 Å². The van der Waals surface area contributed by atoms with Gasteiger partial charge in [0.25, 0.3) is 0 Å². The summed E-state index contributed by atoms with van der Waals surface area (Å²) in [5, 5.41) is 18.2. The van der Waals surface area contributed by atoms with Crippen molar-refractivity contribution in [2.75, 3.05) is 0 Å². The van der Waals surface area contributed by atoms with Crippen LogP contribution in [0.3, 0.4) is 0 Å².